The van der Waals surface area contributed by atoms with Gasteiger partial charge in [0.1, 0.15) is 0 Å². The molecule has 0 fully saturated rings. The van der Waals surface area contributed by atoms with Crippen LogP contribution in [0.4, 0.5) is 0 Å². The third-order valence-corrected chi connectivity index (χ3v) is 5.33. The van der Waals surface area contributed by atoms with Crippen LogP contribution in [0.15, 0.2) is 42.5 Å². The summed E-state index contributed by atoms with van der Waals surface area (Å²) in [5, 5.41) is 1.45. The second kappa shape index (κ2) is 7.24. The zero-order valence-corrected chi connectivity index (χ0v) is 14.7. The predicted molar refractivity (Wildman–Crippen MR) is 94.5 cm³/mol. The van der Waals surface area contributed by atoms with Gasteiger partial charge in [0.25, 0.3) is 0 Å². The van der Waals surface area contributed by atoms with Gasteiger partial charge in [0, 0.05) is 27.2 Å². The fourth-order valence-corrected chi connectivity index (χ4v) is 3.56. The van der Waals surface area contributed by atoms with Crippen molar-refractivity contribution in [3.05, 3.63) is 69.2 Å². The van der Waals surface area contributed by atoms with Gasteiger partial charge in [0.05, 0.1) is 0 Å². The van der Waals surface area contributed by atoms with Crippen LogP contribution in [0.1, 0.15) is 16.7 Å². The van der Waals surface area contributed by atoms with E-state index in [9.17, 15) is 0 Å². The molecule has 0 saturated carbocycles. The van der Waals surface area contributed by atoms with E-state index in [4.69, 9.17) is 46.4 Å². The average Bonchev–Trinajstić information content (AvgIpc) is 2.48. The van der Waals surface area contributed by atoms with E-state index in [1.54, 1.807) is 0 Å². The second-order valence-corrected chi connectivity index (χ2v) is 6.70. The van der Waals surface area contributed by atoms with Crippen molar-refractivity contribution in [2.75, 3.05) is 11.8 Å². The van der Waals surface area contributed by atoms with Crippen LogP contribution in [-0.4, -0.2) is 11.8 Å². The molecule has 0 N–H and O–H groups in total. The Labute approximate surface area is 146 Å². The molecule has 2 rings (SSSR count). The lowest BCUT2D eigenvalue weighted by molar-refractivity contribution is 0.536. The maximum Gasteiger partial charge on any atom is 0.0440 e. The summed E-state index contributed by atoms with van der Waals surface area (Å²) in [6.07, 6.45) is 0.695. The normalized spacial score (nSPS) is 11.7. The van der Waals surface area contributed by atoms with Gasteiger partial charge in [0.15, 0.2) is 0 Å². The lowest BCUT2D eigenvalue weighted by atomic mass is 9.78. The van der Waals surface area contributed by atoms with Gasteiger partial charge in [-0.15, -0.1) is 23.2 Å². The number of aryl methyl sites for hydroxylation is 1. The first-order chi connectivity index (χ1) is 10.0. The van der Waals surface area contributed by atoms with Crippen LogP contribution < -0.4 is 0 Å². The summed E-state index contributed by atoms with van der Waals surface area (Å²) < 4.78 is 0. The van der Waals surface area contributed by atoms with Crippen LogP contribution in [0.2, 0.25) is 10.0 Å². The molecule has 112 valence electrons. The van der Waals surface area contributed by atoms with Gasteiger partial charge in [-0.1, -0.05) is 47.5 Å². The van der Waals surface area contributed by atoms with E-state index < -0.39 is 0 Å². The summed E-state index contributed by atoms with van der Waals surface area (Å²) in [5.41, 5.74) is 2.91. The molecule has 0 aliphatic carbocycles. The molecule has 21 heavy (non-hydrogen) atoms. The monoisotopic (exact) mass is 360 g/mol. The highest BCUT2D eigenvalue weighted by atomic mass is 35.5. The molecule has 4 heteroatoms. The van der Waals surface area contributed by atoms with Crippen LogP contribution in [0.5, 0.6) is 0 Å². The molecule has 2 aromatic carbocycles. The minimum absolute atomic E-state index is 0.355. The molecule has 0 unspecified atom stereocenters. The maximum absolute atomic E-state index is 6.35. The van der Waals surface area contributed by atoms with Gasteiger partial charge < -0.3 is 0 Å². The Morgan fingerprint density at radius 3 is 2.05 bits per heavy atom. The summed E-state index contributed by atoms with van der Waals surface area (Å²) in [7, 11) is 0. The number of hydrogen-bond donors (Lipinski definition) is 0. The molecule has 2 aromatic rings. The Balaban J connectivity index is 2.40. The van der Waals surface area contributed by atoms with E-state index in [0.29, 0.717) is 23.2 Å². The standard InChI is InChI=1S/C17H16Cl4/c1-12-2-3-13(16(21)8-12)9-17(10-18,11-19)14-4-6-15(20)7-5-14/h2-8H,9-11H2,1H3. The van der Waals surface area contributed by atoms with Crippen molar-refractivity contribution < 1.29 is 0 Å². The summed E-state index contributed by atoms with van der Waals surface area (Å²) in [6, 6.07) is 13.7. The number of halogens is 4. The van der Waals surface area contributed by atoms with Gasteiger partial charge >= 0.3 is 0 Å². The smallest absolute Gasteiger partial charge is 0.0440 e. The van der Waals surface area contributed by atoms with E-state index >= 15 is 0 Å². The lowest BCUT2D eigenvalue weighted by Gasteiger charge is -2.31. The van der Waals surface area contributed by atoms with Crippen molar-refractivity contribution in [2.45, 2.75) is 18.8 Å². The van der Waals surface area contributed by atoms with Crippen molar-refractivity contribution in [2.24, 2.45) is 0 Å². The van der Waals surface area contributed by atoms with Gasteiger partial charge in [-0.25, -0.2) is 0 Å². The predicted octanol–water partition coefficient (Wildman–Crippen LogP) is 6.26. The molecule has 0 saturated heterocycles. The van der Waals surface area contributed by atoms with Gasteiger partial charge in [-0.05, 0) is 48.2 Å². The number of hydrogen-bond acceptors (Lipinski definition) is 0. The van der Waals surface area contributed by atoms with Gasteiger partial charge in [0.2, 0.25) is 0 Å². The van der Waals surface area contributed by atoms with Crippen LogP contribution in [-0.2, 0) is 11.8 Å². The molecule has 0 aliphatic heterocycles. The third-order valence-electron chi connectivity index (χ3n) is 3.71. The van der Waals surface area contributed by atoms with E-state index in [0.717, 1.165) is 21.7 Å². The van der Waals surface area contributed by atoms with Crippen LogP contribution in [0, 0.1) is 6.92 Å². The highest BCUT2D eigenvalue weighted by molar-refractivity contribution is 6.31. The van der Waals surface area contributed by atoms with E-state index in [1.165, 1.54) is 0 Å². The summed E-state index contributed by atoms with van der Waals surface area (Å²) in [5.74, 6) is 0.838. The lowest BCUT2D eigenvalue weighted by Crippen LogP contribution is -2.33. The number of rotatable bonds is 5. The van der Waals surface area contributed by atoms with E-state index in [2.05, 4.69) is 6.07 Å². The highest BCUT2D eigenvalue weighted by Crippen LogP contribution is 2.34. The molecule has 0 heterocycles. The quantitative estimate of drug-likeness (QED) is 0.551. The van der Waals surface area contributed by atoms with Gasteiger partial charge in [-0.3, -0.25) is 0 Å². The first kappa shape index (κ1) is 17.0. The molecule has 0 radical (unpaired) electrons. The second-order valence-electron chi connectivity index (χ2n) is 5.33. The van der Waals surface area contributed by atoms with Crippen molar-refractivity contribution in [3.8, 4) is 0 Å². The third kappa shape index (κ3) is 3.87. The largest absolute Gasteiger partial charge is 0.126 e. The van der Waals surface area contributed by atoms with Crippen molar-refractivity contribution in [3.63, 3.8) is 0 Å². The molecule has 0 bridgehead atoms. The van der Waals surface area contributed by atoms with E-state index in [1.807, 2.05) is 43.3 Å². The topological polar surface area (TPSA) is 0 Å². The van der Waals surface area contributed by atoms with Crippen molar-refractivity contribution in [1.82, 2.24) is 0 Å². The molecule has 0 aliphatic rings. The highest BCUT2D eigenvalue weighted by Gasteiger charge is 2.31. The fourth-order valence-electron chi connectivity index (χ4n) is 2.35. The zero-order chi connectivity index (χ0) is 15.5. The molecule has 0 amide bonds. The Morgan fingerprint density at radius 2 is 1.52 bits per heavy atom. The van der Waals surface area contributed by atoms with Gasteiger partial charge in [-0.2, -0.15) is 0 Å². The summed E-state index contributed by atoms with van der Waals surface area (Å²) in [6.45, 7) is 2.02. The SMILES string of the molecule is Cc1ccc(CC(CCl)(CCl)c2ccc(Cl)cc2)c(Cl)c1. The first-order valence-corrected chi connectivity index (χ1v) is 8.46. The minimum atomic E-state index is -0.355. The van der Waals surface area contributed by atoms with Crippen LogP contribution in [0.3, 0.4) is 0 Å². The molecular weight excluding hydrogens is 346 g/mol. The van der Waals surface area contributed by atoms with Crippen molar-refractivity contribution >= 4 is 46.4 Å². The Bertz CT molecular complexity index is 601. The van der Waals surface area contributed by atoms with Crippen LogP contribution >= 0.6 is 46.4 Å². The van der Waals surface area contributed by atoms with E-state index in [-0.39, 0.29) is 5.41 Å². The Morgan fingerprint density at radius 1 is 0.905 bits per heavy atom. The molecular formula is C17H16Cl4. The molecule has 0 aromatic heterocycles. The summed E-state index contributed by atoms with van der Waals surface area (Å²) in [4.78, 5) is 0. The molecule has 0 spiro atoms. The maximum atomic E-state index is 6.35. The molecule has 0 nitrogen and oxygen atoms in total. The first-order valence-electron chi connectivity index (χ1n) is 6.64. The Kier molecular flexibility index (Phi) is 5.85. The zero-order valence-electron chi connectivity index (χ0n) is 11.7. The molecule has 0 atom stereocenters. The fraction of sp³-hybridized carbons (Fsp3) is 0.294. The number of alkyl halides is 2. The van der Waals surface area contributed by atoms with Crippen molar-refractivity contribution in [1.29, 1.82) is 0 Å². The Hall–Kier alpha value is -0.400. The van der Waals surface area contributed by atoms with Crippen LogP contribution in [0.25, 0.3) is 0 Å². The summed E-state index contributed by atoms with van der Waals surface area (Å²) >= 11 is 24.9. The minimum Gasteiger partial charge on any atom is -0.126 e. The number of benzene rings is 2. The average molecular weight is 362 g/mol.